The Morgan fingerprint density at radius 1 is 0.365 bits per heavy atom. The molecule has 12 rings (SSSR count). The first-order valence-electron chi connectivity index (χ1n) is 17.8. The van der Waals surface area contributed by atoms with Gasteiger partial charge in [-0.3, -0.25) is 0 Å². The summed E-state index contributed by atoms with van der Waals surface area (Å²) in [6.07, 6.45) is 0. The number of hydrogen-bond donors (Lipinski definition) is 0. The van der Waals surface area contributed by atoms with Crippen molar-refractivity contribution in [2.45, 2.75) is 0 Å². The molecule has 0 atom stereocenters. The summed E-state index contributed by atoms with van der Waals surface area (Å²) in [5.74, 6) is 0. The highest BCUT2D eigenvalue weighted by molar-refractivity contribution is 6.34. The van der Waals surface area contributed by atoms with Crippen molar-refractivity contribution in [2.75, 3.05) is 0 Å². The van der Waals surface area contributed by atoms with E-state index < -0.39 is 0 Å². The Balaban J connectivity index is 1.17. The second kappa shape index (κ2) is 10.3. The van der Waals surface area contributed by atoms with Gasteiger partial charge in [0.25, 0.3) is 0 Å². The maximum absolute atomic E-state index is 5.18. The second-order valence-corrected chi connectivity index (χ2v) is 13.8. The summed E-state index contributed by atoms with van der Waals surface area (Å²) in [6.45, 7) is 0. The number of aromatic nitrogens is 4. The third kappa shape index (κ3) is 3.70. The molecule has 0 bridgehead atoms. The molecule has 0 aliphatic carbocycles. The lowest BCUT2D eigenvalue weighted by atomic mass is 10.0. The number of fused-ring (bicyclic) bond motifs is 12. The normalized spacial score (nSPS) is 12.2. The average molecular weight is 661 g/mol. The molecule has 4 heteroatoms. The Morgan fingerprint density at radius 2 is 0.923 bits per heavy atom. The molecule has 0 aliphatic rings. The molecule has 4 aromatic heterocycles. The number of para-hydroxylation sites is 4. The van der Waals surface area contributed by atoms with Crippen molar-refractivity contribution in [3.63, 3.8) is 0 Å². The summed E-state index contributed by atoms with van der Waals surface area (Å²) in [7, 11) is 0. The van der Waals surface area contributed by atoms with Crippen LogP contribution in [0.3, 0.4) is 0 Å². The van der Waals surface area contributed by atoms with Gasteiger partial charge in [0.2, 0.25) is 0 Å². The molecule has 0 unspecified atom stereocenters. The third-order valence-electron chi connectivity index (χ3n) is 11.0. The van der Waals surface area contributed by atoms with E-state index in [9.17, 15) is 0 Å². The van der Waals surface area contributed by atoms with Crippen molar-refractivity contribution in [1.29, 1.82) is 0 Å². The molecule has 240 valence electrons. The van der Waals surface area contributed by atoms with Crippen molar-refractivity contribution < 1.29 is 0 Å². The first kappa shape index (κ1) is 27.7. The highest BCUT2D eigenvalue weighted by atomic mass is 15.0. The molecular weight excluding hydrogens is 633 g/mol. The minimum absolute atomic E-state index is 0.879. The van der Waals surface area contributed by atoms with E-state index in [-0.39, 0.29) is 0 Å². The molecule has 0 fully saturated rings. The summed E-state index contributed by atoms with van der Waals surface area (Å²) in [4.78, 5) is 10.3. The SMILES string of the molecule is c1ccc(-c2nc3ccccc3nc2-c2ccc(-n3c4ccccc4c4cc5c6ccccc6n6c7cc8ccccc8cc7c(c43)c56)cc2)cc1. The Morgan fingerprint density at radius 3 is 1.65 bits per heavy atom. The average Bonchev–Trinajstić information content (AvgIpc) is 3.84. The fourth-order valence-corrected chi connectivity index (χ4v) is 8.73. The van der Waals surface area contributed by atoms with E-state index in [1.165, 1.54) is 70.7 Å². The number of hydrogen-bond acceptors (Lipinski definition) is 2. The molecule has 0 radical (unpaired) electrons. The van der Waals surface area contributed by atoms with E-state index in [1.54, 1.807) is 0 Å². The monoisotopic (exact) mass is 660 g/mol. The highest BCUT2D eigenvalue weighted by Gasteiger charge is 2.25. The van der Waals surface area contributed by atoms with E-state index >= 15 is 0 Å². The summed E-state index contributed by atoms with van der Waals surface area (Å²) >= 11 is 0. The lowest BCUT2D eigenvalue weighted by Gasteiger charge is -2.13. The molecule has 8 aromatic carbocycles. The van der Waals surface area contributed by atoms with Gasteiger partial charge >= 0.3 is 0 Å². The molecular formula is C48H28N4. The molecule has 0 amide bonds. The standard InChI is InChI=1S/C48H28N4/c1-2-12-29(13-3-1)45-46(50-40-19-9-8-18-39(40)49-45)30-22-24-33(25-23-30)51-41-20-10-6-16-34(41)36-28-37-35-17-7-11-21-42(35)52-43-27-32-15-5-4-14-31(32)26-38(43)44(47(36)51)48(37)52/h1-28H. The van der Waals surface area contributed by atoms with Crippen LogP contribution in [0.25, 0.3) is 110 Å². The van der Waals surface area contributed by atoms with Crippen LogP contribution in [-0.2, 0) is 0 Å². The number of benzene rings is 8. The minimum Gasteiger partial charge on any atom is -0.309 e. The van der Waals surface area contributed by atoms with Gasteiger partial charge in [-0.05, 0) is 65.4 Å². The van der Waals surface area contributed by atoms with Crippen molar-refractivity contribution in [3.05, 3.63) is 170 Å². The van der Waals surface area contributed by atoms with Crippen LogP contribution in [0.15, 0.2) is 170 Å². The van der Waals surface area contributed by atoms with Gasteiger partial charge in [-0.1, -0.05) is 115 Å². The van der Waals surface area contributed by atoms with Crippen LogP contribution in [0.2, 0.25) is 0 Å². The van der Waals surface area contributed by atoms with Crippen LogP contribution in [-0.4, -0.2) is 18.9 Å². The zero-order chi connectivity index (χ0) is 33.9. The van der Waals surface area contributed by atoms with Gasteiger partial charge in [-0.25, -0.2) is 9.97 Å². The van der Waals surface area contributed by atoms with Crippen molar-refractivity contribution in [1.82, 2.24) is 18.9 Å². The van der Waals surface area contributed by atoms with Crippen molar-refractivity contribution in [3.8, 4) is 28.2 Å². The minimum atomic E-state index is 0.879. The second-order valence-electron chi connectivity index (χ2n) is 13.8. The van der Waals surface area contributed by atoms with Gasteiger partial charge in [0.1, 0.15) is 0 Å². The predicted octanol–water partition coefficient (Wildman–Crippen LogP) is 12.4. The molecule has 52 heavy (non-hydrogen) atoms. The molecule has 0 saturated heterocycles. The van der Waals surface area contributed by atoms with Crippen LogP contribution < -0.4 is 0 Å². The van der Waals surface area contributed by atoms with E-state index in [4.69, 9.17) is 9.97 Å². The Kier molecular flexibility index (Phi) is 5.47. The molecule has 4 heterocycles. The van der Waals surface area contributed by atoms with Gasteiger partial charge in [-0.15, -0.1) is 0 Å². The first-order valence-corrected chi connectivity index (χ1v) is 17.8. The van der Waals surface area contributed by atoms with Gasteiger partial charge in [0.15, 0.2) is 0 Å². The van der Waals surface area contributed by atoms with Crippen LogP contribution in [0.5, 0.6) is 0 Å². The third-order valence-corrected chi connectivity index (χ3v) is 11.0. The highest BCUT2D eigenvalue weighted by Crippen LogP contribution is 2.47. The summed E-state index contributed by atoms with van der Waals surface area (Å²) in [5.41, 5.74) is 12.9. The first-order chi connectivity index (χ1) is 25.8. The molecule has 12 aromatic rings. The summed E-state index contributed by atoms with van der Waals surface area (Å²) in [5, 5.41) is 10.1. The van der Waals surface area contributed by atoms with Gasteiger partial charge in [0.05, 0.1) is 50.0 Å². The van der Waals surface area contributed by atoms with Crippen LogP contribution in [0.1, 0.15) is 0 Å². The largest absolute Gasteiger partial charge is 0.309 e. The fourth-order valence-electron chi connectivity index (χ4n) is 8.73. The molecule has 4 nitrogen and oxygen atoms in total. The van der Waals surface area contributed by atoms with E-state index in [1.807, 2.05) is 30.3 Å². The van der Waals surface area contributed by atoms with E-state index in [0.29, 0.717) is 0 Å². The maximum atomic E-state index is 5.18. The van der Waals surface area contributed by atoms with Gasteiger partial charge < -0.3 is 8.97 Å². The number of nitrogens with zero attached hydrogens (tertiary/aromatic N) is 4. The van der Waals surface area contributed by atoms with Gasteiger partial charge in [0, 0.05) is 49.1 Å². The zero-order valence-corrected chi connectivity index (χ0v) is 28.0. The Bertz CT molecular complexity index is 3390. The molecule has 0 N–H and O–H groups in total. The topological polar surface area (TPSA) is 35.1 Å². The van der Waals surface area contributed by atoms with Crippen LogP contribution in [0, 0.1) is 0 Å². The van der Waals surface area contributed by atoms with Crippen molar-refractivity contribution >= 4 is 81.7 Å². The van der Waals surface area contributed by atoms with Crippen molar-refractivity contribution in [2.24, 2.45) is 0 Å². The fraction of sp³-hybridized carbons (Fsp3) is 0. The van der Waals surface area contributed by atoms with Crippen LogP contribution >= 0.6 is 0 Å². The van der Waals surface area contributed by atoms with Crippen LogP contribution in [0.4, 0.5) is 0 Å². The lowest BCUT2D eigenvalue weighted by molar-refractivity contribution is 1.19. The van der Waals surface area contributed by atoms with E-state index in [2.05, 4.69) is 148 Å². The Hall–Kier alpha value is -7.04. The smallest absolute Gasteiger partial charge is 0.0973 e. The number of rotatable bonds is 3. The molecule has 0 saturated carbocycles. The lowest BCUT2D eigenvalue weighted by Crippen LogP contribution is -1.97. The Labute approximate surface area is 297 Å². The van der Waals surface area contributed by atoms with Gasteiger partial charge in [-0.2, -0.15) is 0 Å². The maximum Gasteiger partial charge on any atom is 0.0973 e. The molecule has 0 spiro atoms. The van der Waals surface area contributed by atoms with E-state index in [0.717, 1.165) is 39.2 Å². The summed E-state index contributed by atoms with van der Waals surface area (Å²) < 4.78 is 4.97. The molecule has 0 aliphatic heterocycles. The summed E-state index contributed by atoms with van der Waals surface area (Å²) in [6, 6.07) is 61.0. The zero-order valence-electron chi connectivity index (χ0n) is 28.0. The predicted molar refractivity (Wildman–Crippen MR) is 217 cm³/mol. The quantitative estimate of drug-likeness (QED) is 0.189.